The fourth-order valence-corrected chi connectivity index (χ4v) is 1.20. The standard InChI is InChI=1S/C8H13ClO4S/c1-6(2)13-7(10)5-12-8(11)14-4-3-9/h6H,3-5H2,1-2H3. The lowest BCUT2D eigenvalue weighted by Crippen LogP contribution is -2.18. The van der Waals surface area contributed by atoms with Crippen LogP contribution in [0.5, 0.6) is 0 Å². The van der Waals surface area contributed by atoms with Crippen LogP contribution in [0.15, 0.2) is 0 Å². The van der Waals surface area contributed by atoms with E-state index in [4.69, 9.17) is 16.3 Å². The second-order valence-electron chi connectivity index (χ2n) is 2.61. The van der Waals surface area contributed by atoms with E-state index in [-0.39, 0.29) is 12.7 Å². The summed E-state index contributed by atoms with van der Waals surface area (Å²) < 4.78 is 9.35. The van der Waals surface area contributed by atoms with Gasteiger partial charge in [-0.1, -0.05) is 0 Å². The predicted molar refractivity (Wildman–Crippen MR) is 55.8 cm³/mol. The average molecular weight is 241 g/mol. The van der Waals surface area contributed by atoms with Gasteiger partial charge in [-0.15, -0.1) is 11.6 Å². The summed E-state index contributed by atoms with van der Waals surface area (Å²) in [6.45, 7) is 3.11. The molecule has 0 radical (unpaired) electrons. The van der Waals surface area contributed by atoms with Gasteiger partial charge in [0.2, 0.25) is 0 Å². The van der Waals surface area contributed by atoms with Gasteiger partial charge in [-0.3, -0.25) is 0 Å². The van der Waals surface area contributed by atoms with Gasteiger partial charge in [0, 0.05) is 11.6 Å². The molecule has 0 saturated heterocycles. The summed E-state index contributed by atoms with van der Waals surface area (Å²) in [6.07, 6.45) is -0.198. The van der Waals surface area contributed by atoms with Crippen LogP contribution < -0.4 is 0 Å². The van der Waals surface area contributed by atoms with E-state index in [2.05, 4.69) is 4.74 Å². The van der Waals surface area contributed by atoms with E-state index in [0.29, 0.717) is 11.6 Å². The molecule has 0 aliphatic rings. The monoisotopic (exact) mass is 240 g/mol. The number of hydrogen-bond acceptors (Lipinski definition) is 5. The molecule has 14 heavy (non-hydrogen) atoms. The zero-order valence-corrected chi connectivity index (χ0v) is 9.69. The highest BCUT2D eigenvalue weighted by Gasteiger charge is 2.09. The minimum atomic E-state index is -0.542. The van der Waals surface area contributed by atoms with Crippen molar-refractivity contribution < 1.29 is 19.1 Å². The van der Waals surface area contributed by atoms with Crippen LogP contribution in [0.4, 0.5) is 4.79 Å². The van der Waals surface area contributed by atoms with Crippen LogP contribution in [0.25, 0.3) is 0 Å². The lowest BCUT2D eigenvalue weighted by Gasteiger charge is -2.07. The maximum atomic E-state index is 10.9. The molecule has 6 heteroatoms. The Morgan fingerprint density at radius 3 is 2.57 bits per heavy atom. The molecule has 0 aliphatic heterocycles. The maximum Gasteiger partial charge on any atom is 0.367 e. The van der Waals surface area contributed by atoms with Crippen molar-refractivity contribution in [2.75, 3.05) is 18.2 Å². The van der Waals surface area contributed by atoms with Crippen molar-refractivity contribution in [3.8, 4) is 0 Å². The van der Waals surface area contributed by atoms with Crippen molar-refractivity contribution >= 4 is 34.6 Å². The fourth-order valence-electron chi connectivity index (χ4n) is 0.578. The second-order valence-corrected chi connectivity index (χ2v) is 4.02. The maximum absolute atomic E-state index is 10.9. The molecule has 0 aromatic heterocycles. The van der Waals surface area contributed by atoms with Crippen LogP contribution in [0.3, 0.4) is 0 Å². The van der Waals surface area contributed by atoms with Crippen LogP contribution in [0.2, 0.25) is 0 Å². The Bertz CT molecular complexity index is 196. The molecule has 0 bridgehead atoms. The van der Waals surface area contributed by atoms with Crippen molar-refractivity contribution in [3.63, 3.8) is 0 Å². The Morgan fingerprint density at radius 1 is 1.43 bits per heavy atom. The van der Waals surface area contributed by atoms with Crippen molar-refractivity contribution in [1.29, 1.82) is 0 Å². The molecule has 0 fully saturated rings. The molecule has 0 unspecified atom stereocenters. The summed E-state index contributed by atoms with van der Waals surface area (Å²) in [4.78, 5) is 21.8. The number of carbonyl (C=O) groups is 2. The number of halogens is 1. The Hall–Kier alpha value is -0.420. The number of ether oxygens (including phenoxy) is 2. The second kappa shape index (κ2) is 7.94. The highest BCUT2D eigenvalue weighted by Crippen LogP contribution is 2.05. The predicted octanol–water partition coefficient (Wildman–Crippen LogP) is 2.05. The zero-order chi connectivity index (χ0) is 11.0. The first-order chi connectivity index (χ1) is 6.56. The lowest BCUT2D eigenvalue weighted by atomic mass is 10.5. The quantitative estimate of drug-likeness (QED) is 0.544. The van der Waals surface area contributed by atoms with E-state index in [1.54, 1.807) is 13.8 Å². The van der Waals surface area contributed by atoms with Crippen molar-refractivity contribution in [1.82, 2.24) is 0 Å². The third-order valence-corrected chi connectivity index (χ3v) is 2.15. The molecule has 0 aliphatic carbocycles. The van der Waals surface area contributed by atoms with Crippen LogP contribution in [-0.4, -0.2) is 35.6 Å². The number of alkyl halides is 1. The molecular formula is C8H13ClO4S. The third kappa shape index (κ3) is 8.19. The van der Waals surface area contributed by atoms with Gasteiger partial charge in [0.25, 0.3) is 0 Å². The van der Waals surface area contributed by atoms with E-state index >= 15 is 0 Å². The molecule has 0 saturated carbocycles. The summed E-state index contributed by atoms with van der Waals surface area (Å²) in [6, 6.07) is 0. The van der Waals surface area contributed by atoms with Gasteiger partial charge < -0.3 is 9.47 Å². The normalized spacial score (nSPS) is 10.0. The Labute approximate surface area is 92.3 Å². The highest BCUT2D eigenvalue weighted by molar-refractivity contribution is 8.13. The first-order valence-electron chi connectivity index (χ1n) is 4.11. The molecule has 4 nitrogen and oxygen atoms in total. The van der Waals surface area contributed by atoms with Gasteiger partial charge in [0.15, 0.2) is 6.61 Å². The fraction of sp³-hybridized carbons (Fsp3) is 0.750. The van der Waals surface area contributed by atoms with Gasteiger partial charge in [0.05, 0.1) is 6.10 Å². The number of rotatable bonds is 5. The Kier molecular flexibility index (Phi) is 7.70. The Balaban J connectivity index is 3.51. The summed E-state index contributed by atoms with van der Waals surface area (Å²) in [5.74, 6) is 0.301. The average Bonchev–Trinajstić information content (AvgIpc) is 2.10. The van der Waals surface area contributed by atoms with Crippen LogP contribution in [0.1, 0.15) is 13.8 Å². The van der Waals surface area contributed by atoms with E-state index in [9.17, 15) is 9.59 Å². The van der Waals surface area contributed by atoms with Crippen molar-refractivity contribution in [2.45, 2.75) is 20.0 Å². The van der Waals surface area contributed by atoms with Crippen LogP contribution >= 0.6 is 23.4 Å². The third-order valence-electron chi connectivity index (χ3n) is 0.972. The molecule has 0 heterocycles. The first kappa shape index (κ1) is 13.6. The SMILES string of the molecule is CC(C)OC(=O)COC(=O)SCCCl. The van der Waals surface area contributed by atoms with E-state index in [1.807, 2.05) is 0 Å². The van der Waals surface area contributed by atoms with Crippen molar-refractivity contribution in [2.24, 2.45) is 0 Å². The largest absolute Gasteiger partial charge is 0.460 e. The number of carbonyl (C=O) groups excluding carboxylic acids is 2. The zero-order valence-electron chi connectivity index (χ0n) is 8.12. The lowest BCUT2D eigenvalue weighted by molar-refractivity contribution is -0.150. The highest BCUT2D eigenvalue weighted by atomic mass is 35.5. The number of hydrogen-bond donors (Lipinski definition) is 0. The first-order valence-corrected chi connectivity index (χ1v) is 5.63. The minimum absolute atomic E-state index is 0.198. The summed E-state index contributed by atoms with van der Waals surface area (Å²) in [7, 11) is 0. The molecule has 82 valence electrons. The van der Waals surface area contributed by atoms with Gasteiger partial charge >= 0.3 is 11.3 Å². The summed E-state index contributed by atoms with van der Waals surface area (Å²) >= 11 is 6.29. The molecule has 0 spiro atoms. The Morgan fingerprint density at radius 2 is 2.07 bits per heavy atom. The van der Waals surface area contributed by atoms with Gasteiger partial charge in [-0.2, -0.15) is 0 Å². The van der Waals surface area contributed by atoms with E-state index < -0.39 is 11.3 Å². The minimum Gasteiger partial charge on any atom is -0.460 e. The van der Waals surface area contributed by atoms with Crippen LogP contribution in [0, 0.1) is 0 Å². The topological polar surface area (TPSA) is 52.6 Å². The molecule has 0 aromatic rings. The summed E-state index contributed by atoms with van der Waals surface area (Å²) in [5, 5.41) is -0.508. The summed E-state index contributed by atoms with van der Waals surface area (Å²) in [5.41, 5.74) is 0. The van der Waals surface area contributed by atoms with Gasteiger partial charge in [-0.25, -0.2) is 9.59 Å². The smallest absolute Gasteiger partial charge is 0.367 e. The van der Waals surface area contributed by atoms with E-state index in [1.165, 1.54) is 0 Å². The number of thioether (sulfide) groups is 1. The molecule has 0 rings (SSSR count). The number of esters is 1. The van der Waals surface area contributed by atoms with Crippen LogP contribution in [-0.2, 0) is 14.3 Å². The molecule has 0 amide bonds. The molecule has 0 aromatic carbocycles. The van der Waals surface area contributed by atoms with E-state index in [0.717, 1.165) is 11.8 Å². The van der Waals surface area contributed by atoms with Gasteiger partial charge in [-0.05, 0) is 25.6 Å². The van der Waals surface area contributed by atoms with Gasteiger partial charge in [0.1, 0.15) is 0 Å². The molecular weight excluding hydrogens is 228 g/mol. The molecule has 0 atom stereocenters. The molecule has 0 N–H and O–H groups in total. The van der Waals surface area contributed by atoms with Crippen molar-refractivity contribution in [3.05, 3.63) is 0 Å².